The Morgan fingerprint density at radius 3 is 3.00 bits per heavy atom. The van der Waals surface area contributed by atoms with E-state index >= 15 is 0 Å². The summed E-state index contributed by atoms with van der Waals surface area (Å²) in [6, 6.07) is 8.33. The van der Waals surface area contributed by atoms with Crippen LogP contribution in [0, 0.1) is 0 Å². The van der Waals surface area contributed by atoms with Gasteiger partial charge in [-0.15, -0.1) is 0 Å². The second kappa shape index (κ2) is 5.25. The Morgan fingerprint density at radius 1 is 1.40 bits per heavy atom. The molecule has 1 aromatic heterocycles. The molecular formula is C10H11N3S2. The van der Waals surface area contributed by atoms with E-state index in [-0.39, 0.29) is 0 Å². The Bertz CT molecular complexity index is 414. The van der Waals surface area contributed by atoms with Crippen molar-refractivity contribution in [3.63, 3.8) is 0 Å². The van der Waals surface area contributed by atoms with Gasteiger partial charge in [0.05, 0.1) is 0 Å². The molecule has 0 unspecified atom stereocenters. The monoisotopic (exact) mass is 237 g/mol. The van der Waals surface area contributed by atoms with Crippen molar-refractivity contribution < 1.29 is 0 Å². The van der Waals surface area contributed by atoms with E-state index in [2.05, 4.69) is 32.9 Å². The Balaban J connectivity index is 2.20. The third-order valence-corrected chi connectivity index (χ3v) is 3.71. The molecule has 1 heterocycles. The third kappa shape index (κ3) is 2.77. The fraction of sp³-hybridized carbons (Fsp3) is 0.200. The zero-order valence-corrected chi connectivity index (χ0v) is 9.94. The Morgan fingerprint density at radius 2 is 2.27 bits per heavy atom. The van der Waals surface area contributed by atoms with Gasteiger partial charge in [-0.25, -0.2) is 4.98 Å². The predicted molar refractivity (Wildman–Crippen MR) is 63.2 cm³/mol. The van der Waals surface area contributed by atoms with E-state index in [4.69, 9.17) is 0 Å². The van der Waals surface area contributed by atoms with Crippen LogP contribution < -0.4 is 5.32 Å². The third-order valence-electron chi connectivity index (χ3n) is 1.88. The van der Waals surface area contributed by atoms with Crippen LogP contribution in [0.2, 0.25) is 0 Å². The van der Waals surface area contributed by atoms with Crippen LogP contribution in [0.4, 0.5) is 0 Å². The molecule has 0 atom stereocenters. The van der Waals surface area contributed by atoms with Gasteiger partial charge in [-0.3, -0.25) is 0 Å². The van der Waals surface area contributed by atoms with E-state index in [9.17, 15) is 0 Å². The zero-order valence-electron chi connectivity index (χ0n) is 8.30. The Kier molecular flexibility index (Phi) is 3.71. The van der Waals surface area contributed by atoms with Crippen molar-refractivity contribution in [2.45, 2.75) is 15.8 Å². The van der Waals surface area contributed by atoms with Gasteiger partial charge in [-0.1, -0.05) is 30.0 Å². The van der Waals surface area contributed by atoms with Crippen molar-refractivity contribution in [1.82, 2.24) is 14.7 Å². The lowest BCUT2D eigenvalue weighted by Crippen LogP contribution is -2.05. The van der Waals surface area contributed by atoms with Crippen LogP contribution in [0.15, 0.2) is 39.8 Å². The summed E-state index contributed by atoms with van der Waals surface area (Å²) in [6.45, 7) is 0.877. The summed E-state index contributed by atoms with van der Waals surface area (Å²) in [5.41, 5.74) is 1.29. The summed E-state index contributed by atoms with van der Waals surface area (Å²) in [7, 11) is 1.95. The smallest absolute Gasteiger partial charge is 0.174 e. The number of nitrogens with zero attached hydrogens (tertiary/aromatic N) is 2. The largest absolute Gasteiger partial charge is 0.316 e. The molecule has 15 heavy (non-hydrogen) atoms. The SMILES string of the molecule is CNCc1ccccc1Sc1ncns1. The molecule has 0 aliphatic rings. The number of hydrogen-bond donors (Lipinski definition) is 1. The fourth-order valence-corrected chi connectivity index (χ4v) is 2.77. The first-order valence-corrected chi connectivity index (χ1v) is 6.16. The zero-order chi connectivity index (χ0) is 10.5. The van der Waals surface area contributed by atoms with Crippen LogP contribution in [-0.4, -0.2) is 16.4 Å². The second-order valence-electron chi connectivity index (χ2n) is 2.95. The van der Waals surface area contributed by atoms with Crippen LogP contribution in [-0.2, 0) is 6.54 Å². The van der Waals surface area contributed by atoms with Gasteiger partial charge in [-0.2, -0.15) is 4.37 Å². The van der Waals surface area contributed by atoms with Gasteiger partial charge in [0.25, 0.3) is 0 Å². The van der Waals surface area contributed by atoms with Crippen LogP contribution in [0.25, 0.3) is 0 Å². The van der Waals surface area contributed by atoms with E-state index in [1.807, 2.05) is 13.1 Å². The first-order chi connectivity index (χ1) is 7.40. The molecular weight excluding hydrogens is 226 g/mol. The summed E-state index contributed by atoms with van der Waals surface area (Å²) in [6.07, 6.45) is 1.59. The summed E-state index contributed by atoms with van der Waals surface area (Å²) in [5.74, 6) is 0. The Hall–Kier alpha value is -0.910. The summed E-state index contributed by atoms with van der Waals surface area (Å²) >= 11 is 3.09. The topological polar surface area (TPSA) is 37.8 Å². The lowest BCUT2D eigenvalue weighted by Gasteiger charge is -2.05. The number of aromatic nitrogens is 2. The van der Waals surface area contributed by atoms with Gasteiger partial charge in [0.15, 0.2) is 4.34 Å². The highest BCUT2D eigenvalue weighted by atomic mass is 32.2. The number of benzene rings is 1. The lowest BCUT2D eigenvalue weighted by atomic mass is 10.2. The summed E-state index contributed by atoms with van der Waals surface area (Å²) in [4.78, 5) is 5.40. The molecule has 0 aliphatic heterocycles. The highest BCUT2D eigenvalue weighted by molar-refractivity contribution is 8.01. The summed E-state index contributed by atoms with van der Waals surface area (Å²) < 4.78 is 4.97. The maximum atomic E-state index is 4.16. The van der Waals surface area contributed by atoms with Crippen LogP contribution >= 0.6 is 23.3 Å². The van der Waals surface area contributed by atoms with E-state index in [1.54, 1.807) is 18.1 Å². The van der Waals surface area contributed by atoms with Crippen molar-refractivity contribution in [1.29, 1.82) is 0 Å². The molecule has 0 fully saturated rings. The molecule has 0 amide bonds. The number of nitrogens with one attached hydrogen (secondary N) is 1. The quantitative estimate of drug-likeness (QED) is 0.886. The molecule has 5 heteroatoms. The first kappa shape index (κ1) is 10.6. The molecule has 2 rings (SSSR count). The standard InChI is InChI=1S/C10H11N3S2/c1-11-6-8-4-2-3-5-9(8)14-10-12-7-13-15-10/h2-5,7,11H,6H2,1H3. The van der Waals surface area contributed by atoms with E-state index in [1.165, 1.54) is 22.0 Å². The molecule has 1 N–H and O–H groups in total. The van der Waals surface area contributed by atoms with Crippen molar-refractivity contribution in [2.75, 3.05) is 7.05 Å². The van der Waals surface area contributed by atoms with Crippen LogP contribution in [0.3, 0.4) is 0 Å². The molecule has 0 radical (unpaired) electrons. The molecule has 0 aliphatic carbocycles. The van der Waals surface area contributed by atoms with Crippen molar-refractivity contribution in [3.05, 3.63) is 36.2 Å². The second-order valence-corrected chi connectivity index (χ2v) is 5.02. The van der Waals surface area contributed by atoms with E-state index < -0.39 is 0 Å². The number of hydrogen-bond acceptors (Lipinski definition) is 5. The molecule has 0 bridgehead atoms. The highest BCUT2D eigenvalue weighted by Crippen LogP contribution is 2.30. The summed E-state index contributed by atoms with van der Waals surface area (Å²) in [5, 5.41) is 3.16. The van der Waals surface area contributed by atoms with Gasteiger partial charge in [0.2, 0.25) is 0 Å². The van der Waals surface area contributed by atoms with Gasteiger partial charge >= 0.3 is 0 Å². The van der Waals surface area contributed by atoms with Gasteiger partial charge in [-0.05, 0) is 30.2 Å². The van der Waals surface area contributed by atoms with E-state index in [0.29, 0.717) is 0 Å². The number of rotatable bonds is 4. The minimum absolute atomic E-state index is 0.877. The van der Waals surface area contributed by atoms with Gasteiger partial charge in [0.1, 0.15) is 6.33 Å². The van der Waals surface area contributed by atoms with E-state index in [0.717, 1.165) is 10.9 Å². The molecule has 0 saturated carbocycles. The van der Waals surface area contributed by atoms with Crippen molar-refractivity contribution in [3.8, 4) is 0 Å². The van der Waals surface area contributed by atoms with Gasteiger partial charge < -0.3 is 5.32 Å². The van der Waals surface area contributed by atoms with Crippen molar-refractivity contribution in [2.24, 2.45) is 0 Å². The van der Waals surface area contributed by atoms with Crippen LogP contribution in [0.1, 0.15) is 5.56 Å². The first-order valence-electron chi connectivity index (χ1n) is 4.57. The maximum absolute atomic E-state index is 4.16. The molecule has 3 nitrogen and oxygen atoms in total. The molecule has 0 saturated heterocycles. The Labute approximate surface area is 97.1 Å². The average Bonchev–Trinajstić information content (AvgIpc) is 2.74. The fourth-order valence-electron chi connectivity index (χ4n) is 1.24. The van der Waals surface area contributed by atoms with Crippen LogP contribution in [0.5, 0.6) is 0 Å². The molecule has 1 aromatic carbocycles. The average molecular weight is 237 g/mol. The maximum Gasteiger partial charge on any atom is 0.174 e. The normalized spacial score (nSPS) is 10.5. The minimum Gasteiger partial charge on any atom is -0.316 e. The molecule has 0 spiro atoms. The molecule has 2 aromatic rings. The molecule has 78 valence electrons. The predicted octanol–water partition coefficient (Wildman–Crippen LogP) is 2.41. The van der Waals surface area contributed by atoms with Gasteiger partial charge in [0, 0.05) is 11.4 Å². The highest BCUT2D eigenvalue weighted by Gasteiger charge is 2.04. The lowest BCUT2D eigenvalue weighted by molar-refractivity contribution is 0.803. The van der Waals surface area contributed by atoms with Crippen molar-refractivity contribution >= 4 is 23.3 Å². The minimum atomic E-state index is 0.877.